The Morgan fingerprint density at radius 1 is 0.875 bits per heavy atom. The van der Waals surface area contributed by atoms with E-state index in [1.165, 1.54) is 11.1 Å². The van der Waals surface area contributed by atoms with Gasteiger partial charge in [-0.05, 0) is 29.7 Å². The summed E-state index contributed by atoms with van der Waals surface area (Å²) < 4.78 is 5.68. The van der Waals surface area contributed by atoms with Crippen molar-refractivity contribution in [3.8, 4) is 5.75 Å². The molecule has 0 atom stereocenters. The maximum absolute atomic E-state index is 12.2. The number of carbonyl (C=O) groups is 1. The summed E-state index contributed by atoms with van der Waals surface area (Å²) in [7, 11) is 0. The number of ketones is 1. The fourth-order valence-corrected chi connectivity index (χ4v) is 2.53. The molecule has 0 saturated heterocycles. The molecule has 0 fully saturated rings. The van der Waals surface area contributed by atoms with E-state index in [4.69, 9.17) is 4.74 Å². The Kier molecular flexibility index (Phi) is 5.48. The van der Waals surface area contributed by atoms with Crippen molar-refractivity contribution in [1.82, 2.24) is 0 Å². The Morgan fingerprint density at radius 2 is 1.42 bits per heavy atom. The van der Waals surface area contributed by atoms with Crippen LogP contribution in [0.5, 0.6) is 5.75 Å². The molecule has 2 aromatic carbocycles. The van der Waals surface area contributed by atoms with Gasteiger partial charge < -0.3 is 4.74 Å². The third kappa shape index (κ3) is 4.05. The molecule has 2 nitrogen and oxygen atoms in total. The van der Waals surface area contributed by atoms with Gasteiger partial charge in [-0.25, -0.2) is 0 Å². The second-order valence-electron chi connectivity index (χ2n) is 7.46. The molecular weight excluding hydrogens is 296 g/mol. The minimum absolute atomic E-state index is 0.0696. The largest absolute Gasteiger partial charge is 0.486 e. The molecule has 0 bridgehead atoms. The van der Waals surface area contributed by atoms with Gasteiger partial charge in [0.05, 0.1) is 0 Å². The molecule has 0 radical (unpaired) electrons. The van der Waals surface area contributed by atoms with Crippen LogP contribution >= 0.6 is 0 Å². The highest BCUT2D eigenvalue weighted by Gasteiger charge is 2.26. The molecular formula is C22H28O2. The summed E-state index contributed by atoms with van der Waals surface area (Å²) >= 11 is 0. The number of Topliss-reactive ketones (excluding diaryl/α,β-unsaturated/α-hetero) is 1. The van der Waals surface area contributed by atoms with E-state index >= 15 is 0 Å². The first-order chi connectivity index (χ1) is 11.3. The fourth-order valence-electron chi connectivity index (χ4n) is 2.53. The van der Waals surface area contributed by atoms with Crippen LogP contribution in [0.15, 0.2) is 54.6 Å². The van der Waals surface area contributed by atoms with E-state index in [1.807, 2.05) is 39.0 Å². The predicted molar refractivity (Wildman–Crippen MR) is 99.6 cm³/mol. The first kappa shape index (κ1) is 18.3. The molecule has 24 heavy (non-hydrogen) atoms. The molecule has 0 saturated carbocycles. The maximum atomic E-state index is 12.2. The summed E-state index contributed by atoms with van der Waals surface area (Å²) in [6.07, 6.45) is 0.819. The zero-order valence-electron chi connectivity index (χ0n) is 15.4. The van der Waals surface area contributed by atoms with E-state index in [-0.39, 0.29) is 23.2 Å². The van der Waals surface area contributed by atoms with Crippen LogP contribution in [0.3, 0.4) is 0 Å². The lowest BCUT2D eigenvalue weighted by Crippen LogP contribution is -2.28. The summed E-state index contributed by atoms with van der Waals surface area (Å²) in [6.45, 7) is 10.5. The molecule has 0 unspecified atom stereocenters. The monoisotopic (exact) mass is 324 g/mol. The topological polar surface area (TPSA) is 26.3 Å². The Hall–Kier alpha value is -2.09. The highest BCUT2D eigenvalue weighted by atomic mass is 16.5. The van der Waals surface area contributed by atoms with Crippen molar-refractivity contribution in [2.45, 2.75) is 46.5 Å². The van der Waals surface area contributed by atoms with E-state index in [2.05, 4.69) is 50.2 Å². The third-order valence-electron chi connectivity index (χ3n) is 5.08. The summed E-state index contributed by atoms with van der Waals surface area (Å²) in [5.74, 6) is 0.876. The van der Waals surface area contributed by atoms with Crippen molar-refractivity contribution in [3.63, 3.8) is 0 Å². The number of hydrogen-bond acceptors (Lipinski definition) is 2. The van der Waals surface area contributed by atoms with Crippen molar-refractivity contribution in [3.05, 3.63) is 65.7 Å². The second kappa shape index (κ2) is 7.21. The normalized spacial score (nSPS) is 12.0. The molecule has 0 aliphatic carbocycles. The Morgan fingerprint density at radius 3 is 1.96 bits per heavy atom. The van der Waals surface area contributed by atoms with Gasteiger partial charge in [0.15, 0.2) is 5.78 Å². The molecule has 0 spiro atoms. The highest BCUT2D eigenvalue weighted by molar-refractivity contribution is 5.85. The Bertz CT molecular complexity index is 667. The number of carbonyl (C=O) groups excluding carboxylic acids is 1. The van der Waals surface area contributed by atoms with Crippen LogP contribution in [0.2, 0.25) is 0 Å². The average Bonchev–Trinajstić information content (AvgIpc) is 2.60. The van der Waals surface area contributed by atoms with Crippen molar-refractivity contribution >= 4 is 5.78 Å². The summed E-state index contributed by atoms with van der Waals surface area (Å²) in [4.78, 5) is 12.2. The standard InChI is InChI=1S/C22H28O2/c1-6-21(2,3)20(23)16-24-19-14-12-18(13-15-19)22(4,5)17-10-8-7-9-11-17/h7-15H,6,16H2,1-5H3. The van der Waals surface area contributed by atoms with Gasteiger partial charge in [0.1, 0.15) is 12.4 Å². The van der Waals surface area contributed by atoms with Crippen LogP contribution in [0.1, 0.15) is 52.2 Å². The van der Waals surface area contributed by atoms with Gasteiger partial charge in [-0.3, -0.25) is 4.79 Å². The van der Waals surface area contributed by atoms with Crippen LogP contribution < -0.4 is 4.74 Å². The molecule has 2 rings (SSSR count). The highest BCUT2D eigenvalue weighted by Crippen LogP contribution is 2.32. The summed E-state index contributed by atoms with van der Waals surface area (Å²) in [5.41, 5.74) is 2.11. The molecule has 128 valence electrons. The second-order valence-corrected chi connectivity index (χ2v) is 7.46. The number of benzene rings is 2. The van der Waals surface area contributed by atoms with Crippen molar-refractivity contribution in [2.24, 2.45) is 5.41 Å². The molecule has 0 amide bonds. The van der Waals surface area contributed by atoms with Gasteiger partial charge >= 0.3 is 0 Å². The quantitative estimate of drug-likeness (QED) is 0.682. The van der Waals surface area contributed by atoms with Gasteiger partial charge in [-0.15, -0.1) is 0 Å². The third-order valence-corrected chi connectivity index (χ3v) is 5.08. The lowest BCUT2D eigenvalue weighted by atomic mass is 9.78. The maximum Gasteiger partial charge on any atom is 0.175 e. The van der Waals surface area contributed by atoms with Gasteiger partial charge in [-0.2, -0.15) is 0 Å². The lowest BCUT2D eigenvalue weighted by Gasteiger charge is -2.26. The first-order valence-electron chi connectivity index (χ1n) is 8.59. The Labute approximate surface area is 145 Å². The molecule has 2 aromatic rings. The zero-order chi connectivity index (χ0) is 17.8. The van der Waals surface area contributed by atoms with Crippen LogP contribution in [0.25, 0.3) is 0 Å². The lowest BCUT2D eigenvalue weighted by molar-refractivity contribution is -0.129. The number of hydrogen-bond donors (Lipinski definition) is 0. The molecule has 0 aliphatic heterocycles. The molecule has 0 aliphatic rings. The number of ether oxygens (including phenoxy) is 1. The molecule has 2 heteroatoms. The minimum atomic E-state index is -0.324. The fraction of sp³-hybridized carbons (Fsp3) is 0.409. The van der Waals surface area contributed by atoms with Crippen LogP contribution in [-0.2, 0) is 10.2 Å². The first-order valence-corrected chi connectivity index (χ1v) is 8.59. The van der Waals surface area contributed by atoms with Gasteiger partial charge in [-0.1, -0.05) is 77.1 Å². The number of rotatable bonds is 7. The predicted octanol–water partition coefficient (Wildman–Crippen LogP) is 5.40. The summed E-state index contributed by atoms with van der Waals surface area (Å²) in [6, 6.07) is 18.5. The Balaban J connectivity index is 2.07. The van der Waals surface area contributed by atoms with Crippen LogP contribution in [0.4, 0.5) is 0 Å². The van der Waals surface area contributed by atoms with Crippen LogP contribution in [-0.4, -0.2) is 12.4 Å². The van der Waals surface area contributed by atoms with Crippen molar-refractivity contribution in [1.29, 1.82) is 0 Å². The summed E-state index contributed by atoms with van der Waals surface area (Å²) in [5, 5.41) is 0. The van der Waals surface area contributed by atoms with Gasteiger partial charge in [0.2, 0.25) is 0 Å². The molecule has 0 heterocycles. The average molecular weight is 324 g/mol. The van der Waals surface area contributed by atoms with E-state index in [0.29, 0.717) is 0 Å². The molecule has 0 aromatic heterocycles. The van der Waals surface area contributed by atoms with E-state index < -0.39 is 0 Å². The van der Waals surface area contributed by atoms with Gasteiger partial charge in [0.25, 0.3) is 0 Å². The van der Waals surface area contributed by atoms with E-state index in [9.17, 15) is 4.79 Å². The molecule has 0 N–H and O–H groups in total. The van der Waals surface area contributed by atoms with Crippen LogP contribution in [0, 0.1) is 5.41 Å². The van der Waals surface area contributed by atoms with E-state index in [1.54, 1.807) is 0 Å². The zero-order valence-corrected chi connectivity index (χ0v) is 15.4. The van der Waals surface area contributed by atoms with Crippen molar-refractivity contribution < 1.29 is 9.53 Å². The van der Waals surface area contributed by atoms with Crippen molar-refractivity contribution in [2.75, 3.05) is 6.61 Å². The SMILES string of the molecule is CCC(C)(C)C(=O)COc1ccc(C(C)(C)c2ccccc2)cc1. The smallest absolute Gasteiger partial charge is 0.175 e. The minimum Gasteiger partial charge on any atom is -0.486 e. The van der Waals surface area contributed by atoms with E-state index in [0.717, 1.165) is 12.2 Å². The van der Waals surface area contributed by atoms with Gasteiger partial charge in [0, 0.05) is 10.8 Å².